The molecule has 2 heterocycles. The smallest absolute Gasteiger partial charge is 0.257 e. The van der Waals surface area contributed by atoms with Crippen molar-refractivity contribution in [2.24, 2.45) is 0 Å². The predicted octanol–water partition coefficient (Wildman–Crippen LogP) is 4.88. The molecule has 3 fully saturated rings. The lowest BCUT2D eigenvalue weighted by Gasteiger charge is -2.37. The Kier molecular flexibility index (Phi) is 6.90. The zero-order chi connectivity index (χ0) is 19.2. The van der Waals surface area contributed by atoms with Gasteiger partial charge in [0.15, 0.2) is 0 Å². The molecule has 2 saturated heterocycles. The standard InChI is InChI=1S/C24H36N2O2/c27-24(26-16-8-3-9-17-26)22-12-6-7-13-23(22)28-21-14-18-25(19-15-21)20-10-4-1-2-5-11-20/h6-7,12-13,20-21H,1-5,8-11,14-19H2. The van der Waals surface area contributed by atoms with Gasteiger partial charge in [-0.3, -0.25) is 4.79 Å². The van der Waals surface area contributed by atoms with Crippen LogP contribution in [0.2, 0.25) is 0 Å². The predicted molar refractivity (Wildman–Crippen MR) is 113 cm³/mol. The summed E-state index contributed by atoms with van der Waals surface area (Å²) >= 11 is 0. The number of hydrogen-bond donors (Lipinski definition) is 0. The van der Waals surface area contributed by atoms with Gasteiger partial charge in [-0.2, -0.15) is 0 Å². The van der Waals surface area contributed by atoms with Crippen LogP contribution in [0.5, 0.6) is 5.75 Å². The molecule has 3 aliphatic rings. The Labute approximate surface area is 170 Å². The van der Waals surface area contributed by atoms with Gasteiger partial charge in [-0.1, -0.05) is 37.8 Å². The Morgan fingerprint density at radius 1 is 0.786 bits per heavy atom. The van der Waals surface area contributed by atoms with Crippen LogP contribution in [0, 0.1) is 0 Å². The number of carbonyl (C=O) groups is 1. The molecule has 1 aromatic carbocycles. The number of para-hydroxylation sites is 1. The summed E-state index contributed by atoms with van der Waals surface area (Å²) in [5.41, 5.74) is 0.746. The first kappa shape index (κ1) is 19.8. The minimum absolute atomic E-state index is 0.145. The monoisotopic (exact) mass is 384 g/mol. The largest absolute Gasteiger partial charge is 0.489 e. The lowest BCUT2D eigenvalue weighted by atomic mass is 10.0. The van der Waals surface area contributed by atoms with E-state index < -0.39 is 0 Å². The lowest BCUT2D eigenvalue weighted by Crippen LogP contribution is -2.44. The van der Waals surface area contributed by atoms with E-state index in [4.69, 9.17) is 4.74 Å². The molecule has 0 aromatic heterocycles. The molecule has 1 aromatic rings. The number of carbonyl (C=O) groups excluding carboxylic acids is 1. The Morgan fingerprint density at radius 3 is 2.14 bits per heavy atom. The van der Waals surface area contributed by atoms with Gasteiger partial charge >= 0.3 is 0 Å². The molecule has 0 bridgehead atoms. The van der Waals surface area contributed by atoms with Crippen LogP contribution in [0.4, 0.5) is 0 Å². The fourth-order valence-corrected chi connectivity index (χ4v) is 5.17. The molecule has 0 unspecified atom stereocenters. The number of benzene rings is 1. The quantitative estimate of drug-likeness (QED) is 0.694. The van der Waals surface area contributed by atoms with Crippen molar-refractivity contribution >= 4 is 5.91 Å². The number of piperidine rings is 2. The fraction of sp³-hybridized carbons (Fsp3) is 0.708. The summed E-state index contributed by atoms with van der Waals surface area (Å²) < 4.78 is 6.38. The molecule has 1 amide bonds. The van der Waals surface area contributed by atoms with Crippen molar-refractivity contribution in [2.45, 2.75) is 82.8 Å². The van der Waals surface area contributed by atoms with Crippen LogP contribution in [-0.4, -0.2) is 54.0 Å². The first-order valence-electron chi connectivity index (χ1n) is 11.6. The Bertz CT molecular complexity index is 625. The van der Waals surface area contributed by atoms with Gasteiger partial charge in [-0.05, 0) is 57.1 Å². The maximum atomic E-state index is 13.0. The van der Waals surface area contributed by atoms with E-state index >= 15 is 0 Å². The average molecular weight is 385 g/mol. The highest BCUT2D eigenvalue weighted by molar-refractivity contribution is 5.97. The second kappa shape index (κ2) is 9.78. The maximum absolute atomic E-state index is 13.0. The van der Waals surface area contributed by atoms with Crippen LogP contribution in [0.1, 0.15) is 81.0 Å². The third-order valence-electron chi connectivity index (χ3n) is 6.87. The summed E-state index contributed by atoms with van der Waals surface area (Å²) in [6.07, 6.45) is 14.2. The Balaban J connectivity index is 1.34. The summed E-state index contributed by atoms with van der Waals surface area (Å²) in [4.78, 5) is 17.7. The second-order valence-corrected chi connectivity index (χ2v) is 8.85. The van der Waals surface area contributed by atoms with Crippen LogP contribution in [0.25, 0.3) is 0 Å². The highest BCUT2D eigenvalue weighted by atomic mass is 16.5. The zero-order valence-electron chi connectivity index (χ0n) is 17.3. The highest BCUT2D eigenvalue weighted by Crippen LogP contribution is 2.28. The van der Waals surface area contributed by atoms with Gasteiger partial charge in [0.05, 0.1) is 5.56 Å². The van der Waals surface area contributed by atoms with Gasteiger partial charge in [-0.25, -0.2) is 0 Å². The van der Waals surface area contributed by atoms with Crippen LogP contribution in [-0.2, 0) is 0 Å². The lowest BCUT2D eigenvalue weighted by molar-refractivity contribution is 0.0649. The molecular formula is C24H36N2O2. The maximum Gasteiger partial charge on any atom is 0.257 e. The highest BCUT2D eigenvalue weighted by Gasteiger charge is 2.28. The molecule has 28 heavy (non-hydrogen) atoms. The van der Waals surface area contributed by atoms with Gasteiger partial charge in [0.2, 0.25) is 0 Å². The van der Waals surface area contributed by atoms with Gasteiger partial charge in [0, 0.05) is 32.2 Å². The summed E-state index contributed by atoms with van der Waals surface area (Å²) in [6.45, 7) is 4.04. The van der Waals surface area contributed by atoms with Crippen molar-refractivity contribution < 1.29 is 9.53 Å². The number of nitrogens with zero attached hydrogens (tertiary/aromatic N) is 2. The van der Waals surface area contributed by atoms with E-state index in [1.165, 1.54) is 44.9 Å². The molecule has 1 saturated carbocycles. The fourth-order valence-electron chi connectivity index (χ4n) is 5.17. The van der Waals surface area contributed by atoms with Crippen molar-refractivity contribution in [2.75, 3.05) is 26.2 Å². The minimum atomic E-state index is 0.145. The van der Waals surface area contributed by atoms with Crippen LogP contribution >= 0.6 is 0 Å². The topological polar surface area (TPSA) is 32.8 Å². The number of rotatable bonds is 4. The molecular weight excluding hydrogens is 348 g/mol. The van der Waals surface area contributed by atoms with E-state index in [0.29, 0.717) is 0 Å². The summed E-state index contributed by atoms with van der Waals surface area (Å²) in [6, 6.07) is 8.65. The molecule has 1 aliphatic carbocycles. The SMILES string of the molecule is O=C(c1ccccc1OC1CCN(C2CCCCCC2)CC1)N1CCCCC1. The number of amides is 1. The van der Waals surface area contributed by atoms with Gasteiger partial charge < -0.3 is 14.5 Å². The second-order valence-electron chi connectivity index (χ2n) is 8.85. The third-order valence-corrected chi connectivity index (χ3v) is 6.87. The first-order valence-corrected chi connectivity index (χ1v) is 11.6. The van der Waals surface area contributed by atoms with E-state index in [1.807, 2.05) is 29.2 Å². The summed E-state index contributed by atoms with van der Waals surface area (Å²) in [7, 11) is 0. The van der Waals surface area contributed by atoms with Crippen molar-refractivity contribution in [1.29, 1.82) is 0 Å². The van der Waals surface area contributed by atoms with E-state index in [9.17, 15) is 4.79 Å². The molecule has 2 aliphatic heterocycles. The molecule has 0 atom stereocenters. The zero-order valence-corrected chi connectivity index (χ0v) is 17.3. The van der Waals surface area contributed by atoms with Crippen molar-refractivity contribution in [3.8, 4) is 5.75 Å². The van der Waals surface area contributed by atoms with Crippen LogP contribution in [0.15, 0.2) is 24.3 Å². The summed E-state index contributed by atoms with van der Waals surface area (Å²) in [5, 5.41) is 0. The number of hydrogen-bond acceptors (Lipinski definition) is 3. The van der Waals surface area contributed by atoms with E-state index in [-0.39, 0.29) is 12.0 Å². The number of ether oxygens (including phenoxy) is 1. The van der Waals surface area contributed by atoms with Crippen molar-refractivity contribution in [1.82, 2.24) is 9.80 Å². The van der Waals surface area contributed by atoms with E-state index in [1.54, 1.807) is 0 Å². The van der Waals surface area contributed by atoms with Gasteiger partial charge in [0.1, 0.15) is 11.9 Å². The molecule has 0 spiro atoms. The molecule has 4 heteroatoms. The first-order chi connectivity index (χ1) is 13.8. The van der Waals surface area contributed by atoms with Crippen LogP contribution < -0.4 is 4.74 Å². The van der Waals surface area contributed by atoms with Crippen LogP contribution in [0.3, 0.4) is 0 Å². The number of likely N-dealkylation sites (tertiary alicyclic amines) is 2. The summed E-state index contributed by atoms with van der Waals surface area (Å²) in [5.74, 6) is 0.928. The van der Waals surface area contributed by atoms with Gasteiger partial charge in [0.25, 0.3) is 5.91 Å². The van der Waals surface area contributed by atoms with E-state index in [2.05, 4.69) is 4.90 Å². The molecule has 4 rings (SSSR count). The normalized spacial score (nSPS) is 23.4. The van der Waals surface area contributed by atoms with Crippen molar-refractivity contribution in [3.05, 3.63) is 29.8 Å². The molecule has 4 nitrogen and oxygen atoms in total. The van der Waals surface area contributed by atoms with Gasteiger partial charge in [-0.15, -0.1) is 0 Å². The molecule has 154 valence electrons. The average Bonchev–Trinajstić information content (AvgIpc) is 3.04. The minimum Gasteiger partial charge on any atom is -0.489 e. The Morgan fingerprint density at radius 2 is 1.43 bits per heavy atom. The van der Waals surface area contributed by atoms with E-state index in [0.717, 1.165) is 69.2 Å². The Hall–Kier alpha value is -1.55. The van der Waals surface area contributed by atoms with Crippen molar-refractivity contribution in [3.63, 3.8) is 0 Å². The molecule has 0 radical (unpaired) electrons. The molecule has 0 N–H and O–H groups in total. The third kappa shape index (κ3) is 4.89.